The third-order valence-electron chi connectivity index (χ3n) is 6.85. The number of benzene rings is 1. The first-order valence-corrected chi connectivity index (χ1v) is 13.9. The van der Waals surface area contributed by atoms with Crippen molar-refractivity contribution in [1.82, 2.24) is 31.4 Å². The molecular weight excluding hydrogens is 528 g/mol. The van der Waals surface area contributed by atoms with Crippen molar-refractivity contribution in [1.29, 1.82) is 0 Å². The number of carbonyl (C=O) groups is 4. The van der Waals surface area contributed by atoms with Gasteiger partial charge in [-0.2, -0.15) is 0 Å². The maximum Gasteiger partial charge on any atom is 0.273 e. The average Bonchev–Trinajstić information content (AvgIpc) is 3.66. The van der Waals surface area contributed by atoms with Gasteiger partial charge in [0.2, 0.25) is 23.6 Å². The molecule has 0 radical (unpaired) electrons. The zero-order valence-electron chi connectivity index (χ0n) is 23.2. The van der Waals surface area contributed by atoms with Crippen molar-refractivity contribution in [3.63, 3.8) is 0 Å². The fourth-order valence-electron chi connectivity index (χ4n) is 4.56. The first-order valence-electron chi connectivity index (χ1n) is 13.9. The summed E-state index contributed by atoms with van der Waals surface area (Å²) >= 11 is 0. The summed E-state index contributed by atoms with van der Waals surface area (Å²) in [4.78, 5) is 56.7. The fraction of sp³-hybridized carbons (Fsp3) is 0.448. The third-order valence-corrected chi connectivity index (χ3v) is 6.85. The molecule has 2 aromatic heterocycles. The van der Waals surface area contributed by atoms with E-state index in [1.807, 2.05) is 44.2 Å². The Kier molecular flexibility index (Phi) is 10.2. The molecule has 0 aliphatic carbocycles. The van der Waals surface area contributed by atoms with Crippen LogP contribution in [0.1, 0.15) is 73.3 Å². The van der Waals surface area contributed by atoms with E-state index >= 15 is 0 Å². The number of hydrogen-bond acceptors (Lipinski definition) is 8. The predicted octanol–water partition coefficient (Wildman–Crippen LogP) is 2.23. The van der Waals surface area contributed by atoms with Gasteiger partial charge in [-0.25, -0.2) is 4.98 Å². The van der Waals surface area contributed by atoms with Crippen LogP contribution in [0.5, 0.6) is 0 Å². The Morgan fingerprint density at radius 2 is 1.88 bits per heavy atom. The van der Waals surface area contributed by atoms with Crippen molar-refractivity contribution in [2.75, 3.05) is 6.54 Å². The fourth-order valence-corrected chi connectivity index (χ4v) is 4.56. The molecule has 1 aliphatic rings. The minimum atomic E-state index is -0.889. The monoisotopic (exact) mass is 564 g/mol. The van der Waals surface area contributed by atoms with Crippen molar-refractivity contribution < 1.29 is 28.1 Å². The molecule has 0 unspecified atom stereocenters. The van der Waals surface area contributed by atoms with E-state index in [2.05, 4.69) is 31.4 Å². The van der Waals surface area contributed by atoms with Gasteiger partial charge in [0.1, 0.15) is 30.1 Å². The molecule has 12 nitrogen and oxygen atoms in total. The van der Waals surface area contributed by atoms with Crippen LogP contribution in [0.2, 0.25) is 0 Å². The van der Waals surface area contributed by atoms with E-state index in [1.165, 1.54) is 12.5 Å². The lowest BCUT2D eigenvalue weighted by molar-refractivity contribution is -0.133. The van der Waals surface area contributed by atoms with Gasteiger partial charge in [-0.1, -0.05) is 49.3 Å². The second-order valence-corrected chi connectivity index (χ2v) is 10.4. The number of aryl methyl sites for hydroxylation is 1. The summed E-state index contributed by atoms with van der Waals surface area (Å²) in [6, 6.07) is 8.73. The molecule has 12 heteroatoms. The second kappa shape index (κ2) is 14.2. The minimum absolute atomic E-state index is 0.113. The van der Waals surface area contributed by atoms with Crippen molar-refractivity contribution in [3.05, 3.63) is 71.8 Å². The van der Waals surface area contributed by atoms with Gasteiger partial charge in [0.15, 0.2) is 5.69 Å². The summed E-state index contributed by atoms with van der Waals surface area (Å²) in [6.07, 6.45) is 5.03. The van der Waals surface area contributed by atoms with Crippen LogP contribution in [0.15, 0.2) is 57.8 Å². The van der Waals surface area contributed by atoms with Crippen LogP contribution in [-0.2, 0) is 27.2 Å². The van der Waals surface area contributed by atoms with Gasteiger partial charge in [-0.05, 0) is 30.7 Å². The summed E-state index contributed by atoms with van der Waals surface area (Å²) in [5.74, 6) is -1.11. The zero-order valence-corrected chi connectivity index (χ0v) is 23.2. The Morgan fingerprint density at radius 1 is 1.07 bits per heavy atom. The lowest BCUT2D eigenvalue weighted by Gasteiger charge is -2.27. The highest BCUT2D eigenvalue weighted by Crippen LogP contribution is 2.20. The van der Waals surface area contributed by atoms with Gasteiger partial charge in [0.25, 0.3) is 5.91 Å². The number of oxazole rings is 1. The molecule has 0 fully saturated rings. The van der Waals surface area contributed by atoms with Crippen LogP contribution < -0.4 is 21.3 Å². The molecule has 1 aliphatic heterocycles. The maximum absolute atomic E-state index is 13.6. The Hall–Kier alpha value is -4.48. The van der Waals surface area contributed by atoms with E-state index < -0.39 is 35.8 Å². The standard InChI is InChI=1S/C29H36N6O6/c1-18(2)25-28(39)33-22(16-19-8-4-3-5-9-19)29-34-23(17-40-29)26(37)30-14-7-6-10-21(27(38)35-25)32-24(36)12-11-20-13-15-31-41-20/h3-5,8-9,13,15,17-18,21-22,25H,6-7,10-12,14,16H2,1-2H3,(H,30,37)(H,32,36)(H,33,39)(H,35,38)/t21-,22+,25-/m0/s1. The van der Waals surface area contributed by atoms with Crippen LogP contribution in [0.3, 0.4) is 0 Å². The number of amides is 4. The number of nitrogens with one attached hydrogen (secondary N) is 4. The highest BCUT2D eigenvalue weighted by Gasteiger charge is 2.31. The number of carbonyl (C=O) groups excluding carboxylic acids is 4. The van der Waals surface area contributed by atoms with Crippen molar-refractivity contribution in [2.24, 2.45) is 5.92 Å². The summed E-state index contributed by atoms with van der Waals surface area (Å²) in [5.41, 5.74) is 1.04. The van der Waals surface area contributed by atoms with E-state index in [4.69, 9.17) is 8.94 Å². The van der Waals surface area contributed by atoms with Crippen LogP contribution in [-0.4, -0.2) is 52.4 Å². The van der Waals surface area contributed by atoms with Gasteiger partial charge < -0.3 is 30.2 Å². The number of rotatable bonds is 7. The molecule has 41 heavy (non-hydrogen) atoms. The molecule has 4 N–H and O–H groups in total. The van der Waals surface area contributed by atoms with E-state index in [9.17, 15) is 19.2 Å². The summed E-state index contributed by atoms with van der Waals surface area (Å²) in [5, 5.41) is 15.0. The number of fused-ring (bicyclic) bond motifs is 2. The lowest BCUT2D eigenvalue weighted by atomic mass is 10.00. The topological polar surface area (TPSA) is 168 Å². The largest absolute Gasteiger partial charge is 0.446 e. The summed E-state index contributed by atoms with van der Waals surface area (Å²) < 4.78 is 10.7. The van der Waals surface area contributed by atoms with Crippen LogP contribution >= 0.6 is 0 Å². The van der Waals surface area contributed by atoms with Gasteiger partial charge in [-0.3, -0.25) is 19.2 Å². The predicted molar refractivity (Wildman–Crippen MR) is 147 cm³/mol. The zero-order chi connectivity index (χ0) is 29.2. The van der Waals surface area contributed by atoms with Crippen molar-refractivity contribution >= 4 is 23.6 Å². The molecule has 0 saturated carbocycles. The van der Waals surface area contributed by atoms with E-state index in [-0.39, 0.29) is 29.8 Å². The number of aromatic nitrogens is 2. The molecule has 3 aromatic rings. The molecular formula is C29H36N6O6. The smallest absolute Gasteiger partial charge is 0.273 e. The molecule has 218 valence electrons. The summed E-state index contributed by atoms with van der Waals surface area (Å²) in [7, 11) is 0. The minimum Gasteiger partial charge on any atom is -0.446 e. The average molecular weight is 565 g/mol. The first kappa shape index (κ1) is 29.5. The van der Waals surface area contributed by atoms with Crippen LogP contribution in [0.25, 0.3) is 0 Å². The van der Waals surface area contributed by atoms with E-state index in [0.717, 1.165) is 5.56 Å². The Morgan fingerprint density at radius 3 is 2.61 bits per heavy atom. The Balaban J connectivity index is 1.54. The summed E-state index contributed by atoms with van der Waals surface area (Å²) in [6.45, 7) is 4.01. The highest BCUT2D eigenvalue weighted by atomic mass is 16.5. The van der Waals surface area contributed by atoms with Gasteiger partial charge in [-0.15, -0.1) is 0 Å². The quantitative estimate of drug-likeness (QED) is 0.339. The van der Waals surface area contributed by atoms with Crippen molar-refractivity contribution in [2.45, 2.75) is 70.5 Å². The molecule has 3 heterocycles. The lowest BCUT2D eigenvalue weighted by Crippen LogP contribution is -2.56. The highest BCUT2D eigenvalue weighted by molar-refractivity contribution is 5.93. The maximum atomic E-state index is 13.6. The number of nitrogens with zero attached hydrogens (tertiary/aromatic N) is 2. The molecule has 0 spiro atoms. The van der Waals surface area contributed by atoms with Crippen LogP contribution in [0, 0.1) is 5.92 Å². The molecule has 3 atom stereocenters. The third kappa shape index (κ3) is 8.50. The van der Waals surface area contributed by atoms with E-state index in [1.54, 1.807) is 6.07 Å². The first-order chi connectivity index (χ1) is 19.8. The van der Waals surface area contributed by atoms with Gasteiger partial charge in [0, 0.05) is 31.9 Å². The molecule has 2 bridgehead atoms. The Labute approximate surface area is 238 Å². The van der Waals surface area contributed by atoms with E-state index in [0.29, 0.717) is 44.4 Å². The molecule has 4 amide bonds. The SMILES string of the molecule is CC(C)[C@@H]1NC(=O)[C@@H](NC(=O)CCc2ccno2)CCCCNC(=O)c2coc(n2)[C@@H](Cc2ccccc2)NC1=O. The second-order valence-electron chi connectivity index (χ2n) is 10.4. The molecule has 1 aromatic carbocycles. The van der Waals surface area contributed by atoms with Crippen molar-refractivity contribution in [3.8, 4) is 0 Å². The number of hydrogen-bond donors (Lipinski definition) is 4. The Bertz CT molecular complexity index is 1310. The van der Waals surface area contributed by atoms with Gasteiger partial charge in [0.05, 0.1) is 6.20 Å². The normalized spacial score (nSPS) is 20.7. The molecule has 4 rings (SSSR count). The van der Waals surface area contributed by atoms with Crippen LogP contribution in [0.4, 0.5) is 0 Å². The van der Waals surface area contributed by atoms with Gasteiger partial charge >= 0.3 is 0 Å². The molecule has 0 saturated heterocycles.